The summed E-state index contributed by atoms with van der Waals surface area (Å²) in [6, 6.07) is 14.4. The second-order valence-electron chi connectivity index (χ2n) is 7.03. The summed E-state index contributed by atoms with van der Waals surface area (Å²) < 4.78 is 4.48. The first-order valence-corrected chi connectivity index (χ1v) is 10.5. The fourth-order valence-corrected chi connectivity index (χ4v) is 3.89. The van der Waals surface area contributed by atoms with Crippen LogP contribution in [0.25, 0.3) is 10.7 Å². The van der Waals surface area contributed by atoms with Crippen LogP contribution < -0.4 is 5.32 Å². The van der Waals surface area contributed by atoms with Gasteiger partial charge in [0.2, 0.25) is 5.91 Å². The summed E-state index contributed by atoms with van der Waals surface area (Å²) >= 11 is 7.37. The minimum absolute atomic E-state index is 0.00813. The first kappa shape index (κ1) is 20.4. The summed E-state index contributed by atoms with van der Waals surface area (Å²) in [5, 5.41) is 9.71. The van der Waals surface area contributed by atoms with Gasteiger partial charge < -0.3 is 5.32 Å². The number of likely N-dealkylation sites (N-methyl/N-ethyl adjacent to an activating group) is 1. The molecule has 0 atom stereocenters. The second-order valence-corrected chi connectivity index (χ2v) is 8.35. The molecule has 1 aromatic carbocycles. The average molecular weight is 416 g/mol. The highest BCUT2D eigenvalue weighted by Crippen LogP contribution is 2.24. The van der Waals surface area contributed by atoms with E-state index in [1.807, 2.05) is 61.5 Å². The summed E-state index contributed by atoms with van der Waals surface area (Å²) in [7, 11) is 1.89. The molecule has 6 nitrogen and oxygen atoms in total. The number of aromatic nitrogens is 3. The van der Waals surface area contributed by atoms with Crippen LogP contribution in [-0.4, -0.2) is 44.8 Å². The van der Waals surface area contributed by atoms with Gasteiger partial charge in [-0.3, -0.25) is 14.3 Å². The zero-order chi connectivity index (χ0) is 20.1. The minimum atomic E-state index is -0.00813. The monoisotopic (exact) mass is 415 g/mol. The molecule has 1 N–H and O–H groups in total. The lowest BCUT2D eigenvalue weighted by atomic mass is 10.2. The van der Waals surface area contributed by atoms with Crippen LogP contribution in [0, 0.1) is 4.77 Å². The SMILES string of the molecule is CC(C)NC(=O)CN(C)Cn1nc(-c2cccs2)n(Cc2ccccc2)c1=S. The van der Waals surface area contributed by atoms with Gasteiger partial charge in [-0.15, -0.1) is 16.4 Å². The molecule has 3 rings (SSSR count). The summed E-state index contributed by atoms with van der Waals surface area (Å²) in [6.45, 7) is 5.30. The van der Waals surface area contributed by atoms with Gasteiger partial charge >= 0.3 is 0 Å². The number of benzene rings is 1. The molecule has 0 aliphatic rings. The molecule has 148 valence electrons. The molecule has 2 heterocycles. The second kappa shape index (κ2) is 9.27. The van der Waals surface area contributed by atoms with Gasteiger partial charge in [0.05, 0.1) is 24.6 Å². The van der Waals surface area contributed by atoms with Crippen molar-refractivity contribution >= 4 is 29.5 Å². The van der Waals surface area contributed by atoms with Crippen molar-refractivity contribution in [3.8, 4) is 10.7 Å². The lowest BCUT2D eigenvalue weighted by Gasteiger charge is -2.17. The minimum Gasteiger partial charge on any atom is -0.353 e. The Kier molecular flexibility index (Phi) is 6.77. The summed E-state index contributed by atoms with van der Waals surface area (Å²) in [5.41, 5.74) is 1.17. The topological polar surface area (TPSA) is 55.1 Å². The number of thiophene rings is 1. The Morgan fingerprint density at radius 1 is 1.25 bits per heavy atom. The standard InChI is InChI=1S/C20H25N5OS2/c1-15(2)21-18(26)13-23(3)14-25-20(27)24(12-16-8-5-4-6-9-16)19(22-25)17-10-7-11-28-17/h4-11,15H,12-14H2,1-3H3,(H,21,26). The Bertz CT molecular complexity index is 960. The van der Waals surface area contributed by atoms with E-state index >= 15 is 0 Å². The van der Waals surface area contributed by atoms with E-state index in [9.17, 15) is 4.79 Å². The van der Waals surface area contributed by atoms with Gasteiger partial charge in [-0.25, -0.2) is 4.68 Å². The number of nitrogens with one attached hydrogen (secondary N) is 1. The number of nitrogens with zero attached hydrogens (tertiary/aromatic N) is 4. The van der Waals surface area contributed by atoms with E-state index in [0.29, 0.717) is 24.5 Å². The molecule has 28 heavy (non-hydrogen) atoms. The van der Waals surface area contributed by atoms with Crippen molar-refractivity contribution in [3.63, 3.8) is 0 Å². The van der Waals surface area contributed by atoms with E-state index in [2.05, 4.69) is 22.0 Å². The maximum atomic E-state index is 12.0. The molecule has 8 heteroatoms. The molecular weight excluding hydrogens is 390 g/mol. The lowest BCUT2D eigenvalue weighted by molar-refractivity contribution is -0.122. The highest BCUT2D eigenvalue weighted by Gasteiger charge is 2.16. The van der Waals surface area contributed by atoms with E-state index < -0.39 is 0 Å². The van der Waals surface area contributed by atoms with Gasteiger partial charge in [0, 0.05) is 6.04 Å². The zero-order valence-corrected chi connectivity index (χ0v) is 18.0. The van der Waals surface area contributed by atoms with Crippen LogP contribution in [0.5, 0.6) is 0 Å². The van der Waals surface area contributed by atoms with Crippen LogP contribution in [0.1, 0.15) is 19.4 Å². The fourth-order valence-electron chi connectivity index (χ4n) is 2.92. The van der Waals surface area contributed by atoms with E-state index in [1.165, 1.54) is 5.56 Å². The number of carbonyl (C=O) groups excluding carboxylic acids is 1. The normalized spacial score (nSPS) is 11.3. The van der Waals surface area contributed by atoms with Crippen LogP contribution >= 0.6 is 23.6 Å². The van der Waals surface area contributed by atoms with Gasteiger partial charge in [0.1, 0.15) is 0 Å². The number of carbonyl (C=O) groups is 1. The van der Waals surface area contributed by atoms with Gasteiger partial charge in [0.25, 0.3) is 0 Å². The predicted octanol–water partition coefficient (Wildman–Crippen LogP) is 3.60. The van der Waals surface area contributed by atoms with Crippen LogP contribution in [0.15, 0.2) is 47.8 Å². The van der Waals surface area contributed by atoms with E-state index in [4.69, 9.17) is 17.3 Å². The van der Waals surface area contributed by atoms with Crippen molar-refractivity contribution in [2.45, 2.75) is 33.1 Å². The maximum absolute atomic E-state index is 12.0. The number of hydrogen-bond donors (Lipinski definition) is 1. The highest BCUT2D eigenvalue weighted by atomic mass is 32.1. The maximum Gasteiger partial charge on any atom is 0.234 e. The number of hydrogen-bond acceptors (Lipinski definition) is 5. The largest absolute Gasteiger partial charge is 0.353 e. The van der Waals surface area contributed by atoms with Crippen molar-refractivity contribution in [2.24, 2.45) is 0 Å². The van der Waals surface area contributed by atoms with Gasteiger partial charge in [-0.2, -0.15) is 0 Å². The molecule has 0 spiro atoms. The van der Waals surface area contributed by atoms with E-state index in [0.717, 1.165) is 10.7 Å². The van der Waals surface area contributed by atoms with Gasteiger partial charge in [-0.05, 0) is 50.1 Å². The molecule has 0 saturated heterocycles. The fraction of sp³-hybridized carbons (Fsp3) is 0.350. The molecule has 3 aromatic rings. The summed E-state index contributed by atoms with van der Waals surface area (Å²) in [5.74, 6) is 0.843. The molecule has 0 unspecified atom stereocenters. The zero-order valence-electron chi connectivity index (χ0n) is 16.3. The van der Waals surface area contributed by atoms with Crippen LogP contribution in [0.2, 0.25) is 0 Å². The Morgan fingerprint density at radius 2 is 2.00 bits per heavy atom. The van der Waals surface area contributed by atoms with E-state index in [1.54, 1.807) is 16.0 Å². The third-order valence-corrected chi connectivity index (χ3v) is 5.38. The number of rotatable bonds is 8. The van der Waals surface area contributed by atoms with Gasteiger partial charge in [-0.1, -0.05) is 36.4 Å². The number of amides is 1. The van der Waals surface area contributed by atoms with E-state index in [-0.39, 0.29) is 11.9 Å². The third kappa shape index (κ3) is 5.15. The van der Waals surface area contributed by atoms with Crippen LogP contribution in [0.4, 0.5) is 0 Å². The third-order valence-electron chi connectivity index (χ3n) is 4.09. The molecule has 0 fully saturated rings. The molecule has 0 radical (unpaired) electrons. The molecule has 0 aliphatic carbocycles. The first-order valence-electron chi connectivity index (χ1n) is 9.17. The average Bonchev–Trinajstić information content (AvgIpc) is 3.26. The summed E-state index contributed by atoms with van der Waals surface area (Å²) in [4.78, 5) is 15.0. The van der Waals surface area contributed by atoms with Crippen molar-refractivity contribution in [2.75, 3.05) is 13.6 Å². The van der Waals surface area contributed by atoms with Crippen LogP contribution in [0.3, 0.4) is 0 Å². The van der Waals surface area contributed by atoms with Crippen molar-refractivity contribution in [3.05, 3.63) is 58.2 Å². The van der Waals surface area contributed by atoms with Crippen molar-refractivity contribution in [1.29, 1.82) is 0 Å². The van der Waals surface area contributed by atoms with Gasteiger partial charge in [0.15, 0.2) is 10.6 Å². The van der Waals surface area contributed by atoms with Crippen LogP contribution in [-0.2, 0) is 18.0 Å². The molecule has 1 amide bonds. The Hall–Kier alpha value is -2.29. The van der Waals surface area contributed by atoms with Crippen molar-refractivity contribution < 1.29 is 4.79 Å². The molecular formula is C20H25N5OS2. The predicted molar refractivity (Wildman–Crippen MR) is 116 cm³/mol. The van der Waals surface area contributed by atoms with Crippen molar-refractivity contribution in [1.82, 2.24) is 24.6 Å². The Labute approximate surface area is 174 Å². The quantitative estimate of drug-likeness (QED) is 0.571. The molecule has 0 saturated carbocycles. The molecule has 0 aliphatic heterocycles. The highest BCUT2D eigenvalue weighted by molar-refractivity contribution is 7.71. The lowest BCUT2D eigenvalue weighted by Crippen LogP contribution is -2.39. The summed E-state index contributed by atoms with van der Waals surface area (Å²) in [6.07, 6.45) is 0. The Morgan fingerprint density at radius 3 is 2.64 bits per heavy atom. The molecule has 0 bridgehead atoms. The smallest absolute Gasteiger partial charge is 0.234 e. The molecule has 2 aromatic heterocycles. The first-order chi connectivity index (χ1) is 13.4. The Balaban J connectivity index is 1.85.